The number of rotatable bonds is 6. The molecule has 1 aromatic carbocycles. The molecule has 0 saturated carbocycles. The molecule has 0 radical (unpaired) electrons. The van der Waals surface area contributed by atoms with Crippen LogP contribution in [0.25, 0.3) is 10.9 Å². The van der Waals surface area contributed by atoms with Gasteiger partial charge in [-0.3, -0.25) is 18.8 Å². The van der Waals surface area contributed by atoms with E-state index in [1.807, 2.05) is 34.7 Å². The van der Waals surface area contributed by atoms with E-state index in [0.717, 1.165) is 17.1 Å². The molecule has 0 aliphatic rings. The molecule has 3 aromatic rings. The molecular weight excluding hydrogens is 422 g/mol. The molecule has 2 aromatic heterocycles. The lowest BCUT2D eigenvalue weighted by molar-refractivity contribution is -0.115. The van der Waals surface area contributed by atoms with Crippen LogP contribution in [0.1, 0.15) is 32.2 Å². The second-order valence-corrected chi connectivity index (χ2v) is 9.53. The highest BCUT2D eigenvalue weighted by atomic mass is 35.5. The Bertz CT molecular complexity index is 1170. The number of carbonyl (C=O) groups is 1. The predicted molar refractivity (Wildman–Crippen MR) is 122 cm³/mol. The van der Waals surface area contributed by atoms with Crippen LogP contribution < -0.4 is 10.9 Å². The van der Waals surface area contributed by atoms with Gasteiger partial charge in [-0.25, -0.2) is 4.98 Å². The standard InChI is InChI=1S/C21H26ClN5O2S/c1-11(2)10-27-20(29)16-9-15(22)7-8-17(16)23-21(27)30-14(5)19(28)24-18-12(3)25-26(6)13(18)4/h7-9,11,14H,10H2,1-6H3,(H,24,28). The van der Waals surface area contributed by atoms with Crippen LogP contribution in [0, 0.1) is 19.8 Å². The maximum absolute atomic E-state index is 13.1. The largest absolute Gasteiger partial charge is 0.322 e. The van der Waals surface area contributed by atoms with Crippen LogP contribution in [0.4, 0.5) is 5.69 Å². The molecule has 0 saturated heterocycles. The quantitative estimate of drug-likeness (QED) is 0.453. The van der Waals surface area contributed by atoms with Crippen LogP contribution in [0.15, 0.2) is 28.2 Å². The van der Waals surface area contributed by atoms with E-state index in [0.29, 0.717) is 27.6 Å². The Morgan fingerprint density at radius 3 is 2.57 bits per heavy atom. The average molecular weight is 448 g/mol. The zero-order valence-corrected chi connectivity index (χ0v) is 19.6. The Labute approximate surface area is 184 Å². The second-order valence-electron chi connectivity index (χ2n) is 7.78. The van der Waals surface area contributed by atoms with Crippen molar-refractivity contribution < 1.29 is 4.79 Å². The van der Waals surface area contributed by atoms with Gasteiger partial charge in [0.2, 0.25) is 5.91 Å². The van der Waals surface area contributed by atoms with Crippen LogP contribution in [-0.4, -0.2) is 30.5 Å². The van der Waals surface area contributed by atoms with Gasteiger partial charge in [-0.05, 0) is 44.9 Å². The van der Waals surface area contributed by atoms with Gasteiger partial charge in [0.1, 0.15) is 0 Å². The molecule has 1 unspecified atom stereocenters. The summed E-state index contributed by atoms with van der Waals surface area (Å²) in [6, 6.07) is 5.08. The summed E-state index contributed by atoms with van der Waals surface area (Å²) in [4.78, 5) is 30.6. The highest BCUT2D eigenvalue weighted by Gasteiger charge is 2.22. The maximum atomic E-state index is 13.1. The minimum atomic E-state index is -0.459. The number of nitrogens with one attached hydrogen (secondary N) is 1. The first-order valence-electron chi connectivity index (χ1n) is 9.76. The number of aromatic nitrogens is 4. The number of thioether (sulfide) groups is 1. The lowest BCUT2D eigenvalue weighted by atomic mass is 10.2. The van der Waals surface area contributed by atoms with Crippen LogP contribution in [0.5, 0.6) is 0 Å². The van der Waals surface area contributed by atoms with Gasteiger partial charge < -0.3 is 5.32 Å². The van der Waals surface area contributed by atoms with Gasteiger partial charge in [-0.15, -0.1) is 0 Å². The molecule has 160 valence electrons. The molecule has 0 aliphatic heterocycles. The molecule has 0 spiro atoms. The van der Waals surface area contributed by atoms with Crippen LogP contribution in [0.3, 0.4) is 0 Å². The fraction of sp³-hybridized carbons (Fsp3) is 0.429. The summed E-state index contributed by atoms with van der Waals surface area (Å²) in [5.41, 5.74) is 2.79. The molecule has 0 bridgehead atoms. The Morgan fingerprint density at radius 2 is 1.97 bits per heavy atom. The molecule has 0 aliphatic carbocycles. The normalized spacial score (nSPS) is 12.5. The van der Waals surface area contributed by atoms with E-state index < -0.39 is 5.25 Å². The first kappa shape index (κ1) is 22.4. The molecule has 1 atom stereocenters. The van der Waals surface area contributed by atoms with Crippen LogP contribution >= 0.6 is 23.4 Å². The van der Waals surface area contributed by atoms with Gasteiger partial charge in [0.15, 0.2) is 5.16 Å². The van der Waals surface area contributed by atoms with Crippen molar-refractivity contribution in [3.05, 3.63) is 45.0 Å². The van der Waals surface area contributed by atoms with E-state index in [4.69, 9.17) is 11.6 Å². The van der Waals surface area contributed by atoms with Crippen molar-refractivity contribution in [2.24, 2.45) is 13.0 Å². The third kappa shape index (κ3) is 4.54. The minimum absolute atomic E-state index is 0.148. The summed E-state index contributed by atoms with van der Waals surface area (Å²) in [5, 5.41) is 8.33. The highest BCUT2D eigenvalue weighted by Crippen LogP contribution is 2.26. The van der Waals surface area contributed by atoms with Crippen LogP contribution in [0.2, 0.25) is 5.02 Å². The number of benzene rings is 1. The van der Waals surface area contributed by atoms with Gasteiger partial charge in [0.05, 0.1) is 33.2 Å². The van der Waals surface area contributed by atoms with Gasteiger partial charge in [0, 0.05) is 18.6 Å². The first-order valence-corrected chi connectivity index (χ1v) is 11.0. The van der Waals surface area contributed by atoms with Crippen molar-refractivity contribution in [3.8, 4) is 0 Å². The van der Waals surface area contributed by atoms with Crippen molar-refractivity contribution in [2.75, 3.05) is 5.32 Å². The summed E-state index contributed by atoms with van der Waals surface area (Å²) >= 11 is 7.35. The topological polar surface area (TPSA) is 81.8 Å². The maximum Gasteiger partial charge on any atom is 0.262 e. The monoisotopic (exact) mass is 447 g/mol. The zero-order valence-electron chi connectivity index (χ0n) is 18.0. The lowest BCUT2D eigenvalue weighted by Gasteiger charge is -2.17. The van der Waals surface area contributed by atoms with Crippen molar-refractivity contribution in [3.63, 3.8) is 0 Å². The summed E-state index contributed by atoms with van der Waals surface area (Å²) in [5.74, 6) is 0.0751. The number of aryl methyl sites for hydroxylation is 2. The molecule has 3 rings (SSSR count). The number of carbonyl (C=O) groups excluding carboxylic acids is 1. The highest BCUT2D eigenvalue weighted by molar-refractivity contribution is 8.00. The van der Waals surface area contributed by atoms with E-state index in [-0.39, 0.29) is 17.4 Å². The van der Waals surface area contributed by atoms with E-state index in [2.05, 4.69) is 15.4 Å². The number of amides is 1. The molecule has 9 heteroatoms. The Kier molecular flexibility index (Phi) is 6.57. The molecule has 0 fully saturated rings. The van der Waals surface area contributed by atoms with E-state index in [1.54, 1.807) is 34.4 Å². The van der Waals surface area contributed by atoms with Gasteiger partial charge >= 0.3 is 0 Å². The number of hydrogen-bond acceptors (Lipinski definition) is 5. The molecular formula is C21H26ClN5O2S. The third-order valence-electron chi connectivity index (χ3n) is 4.84. The van der Waals surface area contributed by atoms with Crippen molar-refractivity contribution in [2.45, 2.75) is 51.6 Å². The number of fused-ring (bicyclic) bond motifs is 1. The number of halogens is 1. The second kappa shape index (κ2) is 8.81. The number of anilines is 1. The molecule has 30 heavy (non-hydrogen) atoms. The van der Waals surface area contributed by atoms with Gasteiger partial charge in [-0.1, -0.05) is 37.2 Å². The summed E-state index contributed by atoms with van der Waals surface area (Å²) < 4.78 is 3.37. The van der Waals surface area contributed by atoms with Crippen molar-refractivity contribution in [1.82, 2.24) is 19.3 Å². The smallest absolute Gasteiger partial charge is 0.262 e. The van der Waals surface area contributed by atoms with E-state index in [1.165, 1.54) is 11.8 Å². The third-order valence-corrected chi connectivity index (χ3v) is 6.16. The Morgan fingerprint density at radius 1 is 1.27 bits per heavy atom. The number of hydrogen-bond donors (Lipinski definition) is 1. The van der Waals surface area contributed by atoms with Gasteiger partial charge in [0.25, 0.3) is 5.56 Å². The fourth-order valence-corrected chi connectivity index (χ4v) is 4.27. The van der Waals surface area contributed by atoms with E-state index in [9.17, 15) is 9.59 Å². The van der Waals surface area contributed by atoms with Crippen LogP contribution in [-0.2, 0) is 18.4 Å². The SMILES string of the molecule is Cc1nn(C)c(C)c1NC(=O)C(C)Sc1nc2ccc(Cl)cc2c(=O)n1CC(C)C. The summed E-state index contributed by atoms with van der Waals surface area (Å²) in [6.45, 7) is 10.1. The molecule has 1 N–H and O–H groups in total. The average Bonchev–Trinajstić information content (AvgIpc) is 2.91. The Hall–Kier alpha value is -2.32. The fourth-order valence-electron chi connectivity index (χ4n) is 3.18. The zero-order chi connectivity index (χ0) is 22.2. The summed E-state index contributed by atoms with van der Waals surface area (Å²) in [6.07, 6.45) is 0. The van der Waals surface area contributed by atoms with Crippen molar-refractivity contribution in [1.29, 1.82) is 0 Å². The predicted octanol–water partition coefficient (Wildman–Crippen LogP) is 4.18. The van der Waals surface area contributed by atoms with Crippen molar-refractivity contribution >= 4 is 45.9 Å². The molecule has 1 amide bonds. The summed E-state index contributed by atoms with van der Waals surface area (Å²) in [7, 11) is 1.84. The Balaban J connectivity index is 1.94. The minimum Gasteiger partial charge on any atom is -0.322 e. The lowest BCUT2D eigenvalue weighted by Crippen LogP contribution is -2.28. The van der Waals surface area contributed by atoms with Gasteiger partial charge in [-0.2, -0.15) is 5.10 Å². The first-order chi connectivity index (χ1) is 14.1. The number of nitrogens with zero attached hydrogens (tertiary/aromatic N) is 4. The van der Waals surface area contributed by atoms with E-state index >= 15 is 0 Å². The molecule has 2 heterocycles. The molecule has 7 nitrogen and oxygen atoms in total.